The third-order valence-electron chi connectivity index (χ3n) is 4.13. The highest BCUT2D eigenvalue weighted by Gasteiger charge is 2.36. The van der Waals surface area contributed by atoms with Gasteiger partial charge in [-0.05, 0) is 26.7 Å². The van der Waals surface area contributed by atoms with Gasteiger partial charge in [0, 0.05) is 17.0 Å². The molecule has 0 amide bonds. The molecular weight excluding hydrogens is 350 g/mol. The van der Waals surface area contributed by atoms with E-state index in [1.54, 1.807) is 19.1 Å². The van der Waals surface area contributed by atoms with E-state index in [1.165, 1.54) is 21.3 Å². The van der Waals surface area contributed by atoms with E-state index in [9.17, 15) is 4.79 Å². The molecule has 0 bridgehead atoms. The molecule has 0 N–H and O–H groups in total. The zero-order valence-electron chi connectivity index (χ0n) is 16.3. The maximum Gasteiger partial charge on any atom is 0.360 e. The van der Waals surface area contributed by atoms with E-state index in [1.807, 2.05) is 19.1 Å². The number of ether oxygens (including phenoxy) is 1. The molecule has 1 atom stereocenters. The molecule has 0 heterocycles. The maximum atomic E-state index is 12.1. The summed E-state index contributed by atoms with van der Waals surface area (Å²) >= 11 is 0. The summed E-state index contributed by atoms with van der Waals surface area (Å²) in [4.78, 5) is 27.5. The predicted molar refractivity (Wildman–Crippen MR) is 102 cm³/mol. The molecule has 1 unspecified atom stereocenters. The Kier molecular flexibility index (Phi) is 7.34. The van der Waals surface area contributed by atoms with E-state index in [0.717, 1.165) is 18.6 Å². The number of rotatable bonds is 9. The van der Waals surface area contributed by atoms with Crippen LogP contribution in [0.5, 0.6) is 0 Å². The summed E-state index contributed by atoms with van der Waals surface area (Å²) < 4.78 is 4.80. The first kappa shape index (κ1) is 20.4. The molecule has 0 aromatic heterocycles. The van der Waals surface area contributed by atoms with Crippen molar-refractivity contribution < 1.29 is 24.0 Å². The van der Waals surface area contributed by atoms with Gasteiger partial charge in [-0.1, -0.05) is 39.7 Å². The Balaban J connectivity index is 2.32. The minimum atomic E-state index is -0.600. The van der Waals surface area contributed by atoms with Crippen molar-refractivity contribution in [1.82, 2.24) is 0 Å². The lowest BCUT2D eigenvalue weighted by Crippen LogP contribution is -2.24. The SMILES string of the molecule is CO/N=C(/C(=O)OC)c1ccccc1/C(C)=N/OC(/C(C)=N/OC)C1CC1. The Labute approximate surface area is 158 Å². The van der Waals surface area contributed by atoms with Crippen molar-refractivity contribution in [2.75, 3.05) is 21.3 Å². The van der Waals surface area contributed by atoms with E-state index < -0.39 is 5.97 Å². The smallest absolute Gasteiger partial charge is 0.360 e. The van der Waals surface area contributed by atoms with Crippen molar-refractivity contribution in [2.45, 2.75) is 32.8 Å². The van der Waals surface area contributed by atoms with Gasteiger partial charge in [0.15, 0.2) is 11.8 Å². The van der Waals surface area contributed by atoms with Crippen molar-refractivity contribution >= 4 is 23.1 Å². The van der Waals surface area contributed by atoms with Gasteiger partial charge in [0.1, 0.15) is 14.2 Å². The van der Waals surface area contributed by atoms with Crippen LogP contribution in [0.2, 0.25) is 0 Å². The number of carbonyl (C=O) groups is 1. The van der Waals surface area contributed by atoms with Crippen LogP contribution >= 0.6 is 0 Å². The van der Waals surface area contributed by atoms with E-state index in [2.05, 4.69) is 15.5 Å². The molecule has 1 aliphatic rings. The fourth-order valence-electron chi connectivity index (χ4n) is 2.67. The number of oxime groups is 3. The number of carbonyl (C=O) groups excluding carboxylic acids is 1. The number of nitrogens with zero attached hydrogens (tertiary/aromatic N) is 3. The van der Waals surface area contributed by atoms with E-state index in [4.69, 9.17) is 19.2 Å². The molecule has 0 aliphatic heterocycles. The molecule has 2 rings (SSSR count). The molecule has 1 saturated carbocycles. The number of methoxy groups -OCH3 is 1. The number of hydrogen-bond donors (Lipinski definition) is 0. The molecule has 0 radical (unpaired) electrons. The molecule has 146 valence electrons. The lowest BCUT2D eigenvalue weighted by Gasteiger charge is -2.15. The van der Waals surface area contributed by atoms with Gasteiger partial charge in [-0.15, -0.1) is 0 Å². The largest absolute Gasteiger partial charge is 0.464 e. The van der Waals surface area contributed by atoms with Crippen LogP contribution in [0.15, 0.2) is 39.7 Å². The van der Waals surface area contributed by atoms with Gasteiger partial charge in [0.2, 0.25) is 0 Å². The minimum absolute atomic E-state index is 0.0565. The summed E-state index contributed by atoms with van der Waals surface area (Å²) in [6, 6.07) is 7.21. The number of benzene rings is 1. The third kappa shape index (κ3) is 5.29. The first-order chi connectivity index (χ1) is 13.0. The Hall–Kier alpha value is -2.90. The van der Waals surface area contributed by atoms with Crippen molar-refractivity contribution in [2.24, 2.45) is 21.4 Å². The average molecular weight is 375 g/mol. The quantitative estimate of drug-likeness (QED) is 0.376. The normalized spacial score (nSPS) is 16.6. The molecule has 1 aromatic carbocycles. The van der Waals surface area contributed by atoms with Crippen LogP contribution in [0, 0.1) is 5.92 Å². The molecular formula is C19H25N3O5. The van der Waals surface area contributed by atoms with Crippen LogP contribution in [0.25, 0.3) is 0 Å². The number of esters is 1. The highest BCUT2D eigenvalue weighted by molar-refractivity contribution is 6.44. The predicted octanol–water partition coefficient (Wildman–Crippen LogP) is 2.75. The molecule has 8 heteroatoms. The first-order valence-electron chi connectivity index (χ1n) is 8.60. The maximum absolute atomic E-state index is 12.1. The molecule has 1 fully saturated rings. The second-order valence-electron chi connectivity index (χ2n) is 6.12. The van der Waals surface area contributed by atoms with Gasteiger partial charge in [0.05, 0.1) is 18.5 Å². The van der Waals surface area contributed by atoms with Crippen molar-refractivity contribution in [3.8, 4) is 0 Å². The second kappa shape index (κ2) is 9.70. The zero-order chi connectivity index (χ0) is 19.8. The van der Waals surface area contributed by atoms with Crippen molar-refractivity contribution in [3.05, 3.63) is 35.4 Å². The topological polar surface area (TPSA) is 91.1 Å². The second-order valence-corrected chi connectivity index (χ2v) is 6.12. The van der Waals surface area contributed by atoms with Crippen molar-refractivity contribution in [1.29, 1.82) is 0 Å². The zero-order valence-corrected chi connectivity index (χ0v) is 16.3. The van der Waals surface area contributed by atoms with Crippen LogP contribution in [0.1, 0.15) is 37.8 Å². The molecule has 1 aromatic rings. The highest BCUT2D eigenvalue weighted by atomic mass is 16.6. The summed E-state index contributed by atoms with van der Waals surface area (Å²) in [6.07, 6.45) is 1.90. The molecule has 1 aliphatic carbocycles. The Morgan fingerprint density at radius 1 is 1.00 bits per heavy atom. The van der Waals surface area contributed by atoms with Crippen LogP contribution in [0.4, 0.5) is 0 Å². The van der Waals surface area contributed by atoms with Gasteiger partial charge >= 0.3 is 5.97 Å². The lowest BCUT2D eigenvalue weighted by atomic mass is 10.00. The summed E-state index contributed by atoms with van der Waals surface area (Å²) in [5, 5.41) is 12.1. The fraction of sp³-hybridized carbons (Fsp3) is 0.474. The molecule has 0 spiro atoms. The first-order valence-corrected chi connectivity index (χ1v) is 8.60. The van der Waals surface area contributed by atoms with Gasteiger partial charge < -0.3 is 19.2 Å². The molecule has 8 nitrogen and oxygen atoms in total. The van der Waals surface area contributed by atoms with Crippen LogP contribution in [-0.4, -0.2) is 50.5 Å². The molecule has 0 saturated heterocycles. The van der Waals surface area contributed by atoms with Gasteiger partial charge in [-0.25, -0.2) is 4.79 Å². The van der Waals surface area contributed by atoms with Gasteiger partial charge in [0.25, 0.3) is 0 Å². The van der Waals surface area contributed by atoms with E-state index in [-0.39, 0.29) is 11.8 Å². The standard InChI is InChI=1S/C19H25N3O5/c1-12(21-27-18(14-10-11-14)13(2)20-25-4)15-8-6-7-9-16(15)17(22-26-5)19(23)24-3/h6-9,14,18H,10-11H2,1-5H3/b20-13+,21-12+,22-17+. The van der Waals surface area contributed by atoms with Crippen LogP contribution in [-0.2, 0) is 24.0 Å². The monoisotopic (exact) mass is 375 g/mol. The van der Waals surface area contributed by atoms with Crippen molar-refractivity contribution in [3.63, 3.8) is 0 Å². The van der Waals surface area contributed by atoms with Crippen LogP contribution < -0.4 is 0 Å². The van der Waals surface area contributed by atoms with E-state index in [0.29, 0.717) is 22.8 Å². The summed E-state index contributed by atoms with van der Waals surface area (Å²) in [7, 11) is 4.16. The molecule has 27 heavy (non-hydrogen) atoms. The summed E-state index contributed by atoms with van der Waals surface area (Å²) in [5.74, 6) is -0.215. The van der Waals surface area contributed by atoms with Gasteiger partial charge in [-0.2, -0.15) is 0 Å². The Morgan fingerprint density at radius 3 is 2.19 bits per heavy atom. The highest BCUT2D eigenvalue weighted by Crippen LogP contribution is 2.35. The Bertz CT molecular complexity index is 753. The summed E-state index contributed by atoms with van der Waals surface area (Å²) in [5.41, 5.74) is 2.62. The summed E-state index contributed by atoms with van der Waals surface area (Å²) in [6.45, 7) is 3.65. The van der Waals surface area contributed by atoms with Crippen LogP contribution in [0.3, 0.4) is 0 Å². The van der Waals surface area contributed by atoms with E-state index >= 15 is 0 Å². The fourth-order valence-corrected chi connectivity index (χ4v) is 2.67. The van der Waals surface area contributed by atoms with Gasteiger partial charge in [-0.3, -0.25) is 0 Å². The average Bonchev–Trinajstić information content (AvgIpc) is 3.51. The number of hydrogen-bond acceptors (Lipinski definition) is 8. The lowest BCUT2D eigenvalue weighted by molar-refractivity contribution is -0.132. The third-order valence-corrected chi connectivity index (χ3v) is 4.13. The minimum Gasteiger partial charge on any atom is -0.464 e. The Morgan fingerprint density at radius 2 is 1.63 bits per heavy atom.